The lowest BCUT2D eigenvalue weighted by atomic mass is 9.93. The maximum absolute atomic E-state index is 4.15. The first-order valence-electron chi connectivity index (χ1n) is 8.03. The summed E-state index contributed by atoms with van der Waals surface area (Å²) in [6, 6.07) is 0. The minimum absolute atomic E-state index is 1.06. The van der Waals surface area contributed by atoms with Gasteiger partial charge in [-0.25, -0.2) is 0 Å². The molecule has 0 unspecified atom stereocenters. The second-order valence-corrected chi connectivity index (χ2v) is 6.30. The van der Waals surface area contributed by atoms with Crippen molar-refractivity contribution < 1.29 is 0 Å². The highest BCUT2D eigenvalue weighted by Gasteiger charge is 2.04. The van der Waals surface area contributed by atoms with Crippen LogP contribution in [0.4, 0.5) is 0 Å². The second-order valence-electron chi connectivity index (χ2n) is 5.85. The molecule has 1 aliphatic rings. The van der Waals surface area contributed by atoms with Crippen LogP contribution in [0.15, 0.2) is 22.8 Å². The largest absolute Gasteiger partial charge is 0.179 e. The molecule has 0 fully saturated rings. The quantitative estimate of drug-likeness (QED) is 0.311. The van der Waals surface area contributed by atoms with Crippen molar-refractivity contribution in [2.75, 3.05) is 5.75 Å². The number of unbranched alkanes of at least 4 members (excludes halogenated alkanes) is 5. The van der Waals surface area contributed by atoms with Crippen LogP contribution in [-0.2, 0) is 0 Å². The number of rotatable bonds is 6. The van der Waals surface area contributed by atoms with E-state index in [-0.39, 0.29) is 0 Å². The van der Waals surface area contributed by atoms with Gasteiger partial charge in [0.25, 0.3) is 0 Å². The molecular formula is C18H34S. The fourth-order valence-electron chi connectivity index (χ4n) is 2.20. The molecule has 0 spiro atoms. The summed E-state index contributed by atoms with van der Waals surface area (Å²) in [5.74, 6) is 1.06. The van der Waals surface area contributed by atoms with Crippen molar-refractivity contribution in [1.29, 1.82) is 0 Å². The van der Waals surface area contributed by atoms with E-state index in [2.05, 4.69) is 46.4 Å². The predicted molar refractivity (Wildman–Crippen MR) is 93.2 cm³/mol. The number of hydrogen-bond acceptors (Lipinski definition) is 1. The zero-order valence-electron chi connectivity index (χ0n) is 13.6. The predicted octanol–water partition coefficient (Wildman–Crippen LogP) is 6.73. The normalized spacial score (nSPS) is 14.6. The van der Waals surface area contributed by atoms with Gasteiger partial charge in [0.15, 0.2) is 0 Å². The first-order chi connectivity index (χ1) is 9.11. The SMILES string of the molecule is CC1=CCC(=C(C)C)CC1.CCCCCCCCS. The van der Waals surface area contributed by atoms with Crippen molar-refractivity contribution in [1.82, 2.24) is 0 Å². The van der Waals surface area contributed by atoms with Crippen molar-refractivity contribution in [2.45, 2.75) is 85.5 Å². The summed E-state index contributed by atoms with van der Waals surface area (Å²) in [5, 5.41) is 0. The summed E-state index contributed by atoms with van der Waals surface area (Å²) in [4.78, 5) is 0. The van der Waals surface area contributed by atoms with Gasteiger partial charge in [-0.3, -0.25) is 0 Å². The standard InChI is InChI=1S/C10H16.C8H18S/c1-8(2)10-6-4-9(3)5-7-10;1-2-3-4-5-6-7-8-9/h4H,5-7H2,1-3H3;9H,2-8H2,1H3. The molecule has 0 heterocycles. The molecule has 0 aromatic carbocycles. The highest BCUT2D eigenvalue weighted by molar-refractivity contribution is 7.80. The van der Waals surface area contributed by atoms with Crippen molar-refractivity contribution in [3.63, 3.8) is 0 Å². The van der Waals surface area contributed by atoms with Crippen molar-refractivity contribution in [2.24, 2.45) is 0 Å². The molecule has 1 heteroatoms. The summed E-state index contributed by atoms with van der Waals surface area (Å²) in [7, 11) is 0. The lowest BCUT2D eigenvalue weighted by Gasteiger charge is -2.13. The van der Waals surface area contributed by atoms with Crippen LogP contribution in [0.2, 0.25) is 0 Å². The Kier molecular flexibility index (Phi) is 12.7. The van der Waals surface area contributed by atoms with E-state index in [1.807, 2.05) is 0 Å². The highest BCUT2D eigenvalue weighted by Crippen LogP contribution is 2.24. The molecule has 1 rings (SSSR count). The van der Waals surface area contributed by atoms with E-state index in [9.17, 15) is 0 Å². The average Bonchev–Trinajstić information content (AvgIpc) is 2.40. The molecule has 112 valence electrons. The van der Waals surface area contributed by atoms with Crippen LogP contribution in [0.3, 0.4) is 0 Å². The van der Waals surface area contributed by atoms with Crippen LogP contribution in [0, 0.1) is 0 Å². The van der Waals surface area contributed by atoms with Gasteiger partial charge in [0.2, 0.25) is 0 Å². The third kappa shape index (κ3) is 11.4. The van der Waals surface area contributed by atoms with E-state index < -0.39 is 0 Å². The van der Waals surface area contributed by atoms with Gasteiger partial charge < -0.3 is 0 Å². The molecule has 0 N–H and O–H groups in total. The Balaban J connectivity index is 0.000000344. The van der Waals surface area contributed by atoms with Gasteiger partial charge in [-0.2, -0.15) is 12.6 Å². The molecule has 19 heavy (non-hydrogen) atoms. The fourth-order valence-corrected chi connectivity index (χ4v) is 2.42. The molecular weight excluding hydrogens is 248 g/mol. The van der Waals surface area contributed by atoms with Gasteiger partial charge in [-0.1, -0.05) is 61.8 Å². The molecule has 0 aromatic heterocycles. The Labute approximate surface area is 127 Å². The van der Waals surface area contributed by atoms with Crippen molar-refractivity contribution in [3.05, 3.63) is 22.8 Å². The Morgan fingerprint density at radius 3 is 2.16 bits per heavy atom. The van der Waals surface area contributed by atoms with Gasteiger partial charge >= 0.3 is 0 Å². The van der Waals surface area contributed by atoms with Crippen LogP contribution in [0.5, 0.6) is 0 Å². The summed E-state index contributed by atoms with van der Waals surface area (Å²) < 4.78 is 0. The third-order valence-corrected chi connectivity index (χ3v) is 4.05. The molecule has 1 aliphatic carbocycles. The second kappa shape index (κ2) is 12.8. The number of thiol groups is 1. The molecule has 0 aliphatic heterocycles. The van der Waals surface area contributed by atoms with Gasteiger partial charge in [0.05, 0.1) is 0 Å². The van der Waals surface area contributed by atoms with Gasteiger partial charge in [0, 0.05) is 0 Å². The van der Waals surface area contributed by atoms with E-state index in [4.69, 9.17) is 0 Å². The van der Waals surface area contributed by atoms with Gasteiger partial charge in [0.1, 0.15) is 0 Å². The molecule has 0 atom stereocenters. The zero-order valence-corrected chi connectivity index (χ0v) is 14.5. The highest BCUT2D eigenvalue weighted by atomic mass is 32.1. The van der Waals surface area contributed by atoms with Crippen LogP contribution in [0.1, 0.15) is 85.5 Å². The number of allylic oxidation sites excluding steroid dienone is 4. The topological polar surface area (TPSA) is 0 Å². The third-order valence-electron chi connectivity index (χ3n) is 3.74. The Hall–Kier alpha value is -0.170. The van der Waals surface area contributed by atoms with Crippen molar-refractivity contribution in [3.8, 4) is 0 Å². The molecule has 0 saturated heterocycles. The lowest BCUT2D eigenvalue weighted by Crippen LogP contribution is -1.93. The molecule has 0 bridgehead atoms. The Morgan fingerprint density at radius 2 is 1.68 bits per heavy atom. The van der Waals surface area contributed by atoms with E-state index in [0.29, 0.717) is 0 Å². The van der Waals surface area contributed by atoms with E-state index in [1.165, 1.54) is 63.4 Å². The molecule has 0 radical (unpaired) electrons. The zero-order chi connectivity index (χ0) is 14.5. The smallest absolute Gasteiger partial charge is 0.00979 e. The lowest BCUT2D eigenvalue weighted by molar-refractivity contribution is 0.627. The van der Waals surface area contributed by atoms with Gasteiger partial charge in [-0.05, 0) is 52.2 Å². The monoisotopic (exact) mass is 282 g/mol. The van der Waals surface area contributed by atoms with E-state index in [0.717, 1.165) is 5.75 Å². The minimum atomic E-state index is 1.06. The first-order valence-corrected chi connectivity index (χ1v) is 8.66. The fraction of sp³-hybridized carbons (Fsp3) is 0.778. The van der Waals surface area contributed by atoms with Crippen LogP contribution in [-0.4, -0.2) is 5.75 Å². The Morgan fingerprint density at radius 1 is 1.05 bits per heavy atom. The molecule has 0 amide bonds. The van der Waals surface area contributed by atoms with E-state index >= 15 is 0 Å². The maximum atomic E-state index is 4.15. The summed E-state index contributed by atoms with van der Waals surface area (Å²) >= 11 is 4.15. The molecule has 0 nitrogen and oxygen atoms in total. The molecule has 0 saturated carbocycles. The molecule has 0 aromatic rings. The summed E-state index contributed by atoms with van der Waals surface area (Å²) in [6.07, 6.45) is 14.4. The van der Waals surface area contributed by atoms with Crippen LogP contribution in [0.25, 0.3) is 0 Å². The first kappa shape index (κ1) is 18.8. The van der Waals surface area contributed by atoms with E-state index in [1.54, 1.807) is 11.1 Å². The van der Waals surface area contributed by atoms with Gasteiger partial charge in [-0.15, -0.1) is 0 Å². The average molecular weight is 283 g/mol. The summed E-state index contributed by atoms with van der Waals surface area (Å²) in [6.45, 7) is 8.90. The summed E-state index contributed by atoms with van der Waals surface area (Å²) in [5.41, 5.74) is 4.72. The minimum Gasteiger partial charge on any atom is -0.179 e. The van der Waals surface area contributed by atoms with Crippen LogP contribution >= 0.6 is 12.6 Å². The van der Waals surface area contributed by atoms with Crippen LogP contribution < -0.4 is 0 Å². The number of hydrogen-bond donors (Lipinski definition) is 1. The Bertz CT molecular complexity index is 263. The van der Waals surface area contributed by atoms with Crippen molar-refractivity contribution >= 4 is 12.6 Å². The maximum Gasteiger partial charge on any atom is -0.00979 e.